The zero-order valence-electron chi connectivity index (χ0n) is 22.2. The summed E-state index contributed by atoms with van der Waals surface area (Å²) in [5.41, 5.74) is 3.99. The van der Waals surface area contributed by atoms with Gasteiger partial charge in [0.05, 0.1) is 16.6 Å². The van der Waals surface area contributed by atoms with Gasteiger partial charge in [0.1, 0.15) is 24.7 Å². The summed E-state index contributed by atoms with van der Waals surface area (Å²) in [6.07, 6.45) is 3.17. The highest BCUT2D eigenvalue weighted by molar-refractivity contribution is 7.90. The van der Waals surface area contributed by atoms with Crippen molar-refractivity contribution >= 4 is 26.8 Å². The lowest BCUT2D eigenvalue weighted by atomic mass is 10.0. The number of aromatic nitrogens is 2. The zero-order chi connectivity index (χ0) is 27.3. The number of nitrogens with one attached hydrogen (secondary N) is 1. The normalized spacial score (nSPS) is 11.5. The number of rotatable bonds is 11. The maximum atomic E-state index is 13.7. The van der Waals surface area contributed by atoms with E-state index in [9.17, 15) is 13.2 Å². The van der Waals surface area contributed by atoms with Crippen LogP contribution in [0, 0.1) is 20.8 Å². The van der Waals surface area contributed by atoms with Crippen LogP contribution >= 0.6 is 0 Å². The van der Waals surface area contributed by atoms with Gasteiger partial charge in [0, 0.05) is 30.2 Å². The van der Waals surface area contributed by atoms with Gasteiger partial charge in [-0.25, -0.2) is 12.4 Å². The van der Waals surface area contributed by atoms with Crippen molar-refractivity contribution in [1.29, 1.82) is 0 Å². The van der Waals surface area contributed by atoms with Crippen molar-refractivity contribution < 1.29 is 22.7 Å². The Balaban J connectivity index is 1.63. The van der Waals surface area contributed by atoms with Crippen LogP contribution in [0.15, 0.2) is 65.7 Å². The molecule has 2 aromatic carbocycles. The summed E-state index contributed by atoms with van der Waals surface area (Å²) in [6, 6.07) is 16.0. The Morgan fingerprint density at radius 2 is 1.63 bits per heavy atom. The SMILES string of the molecule is CNC(=O)CCCc1c(C)n(S(=O)(=O)c2ccc(C)cc2)c2ccc(OCCOc3ccc(C)nc3)cc12. The van der Waals surface area contributed by atoms with Gasteiger partial charge in [-0.15, -0.1) is 0 Å². The van der Waals surface area contributed by atoms with Crippen LogP contribution in [0.1, 0.15) is 35.4 Å². The average Bonchev–Trinajstić information content (AvgIpc) is 3.19. The van der Waals surface area contributed by atoms with E-state index in [1.165, 1.54) is 3.97 Å². The Labute approximate surface area is 223 Å². The summed E-state index contributed by atoms with van der Waals surface area (Å²) in [4.78, 5) is 16.2. The molecule has 2 aromatic heterocycles. The molecule has 0 spiro atoms. The molecule has 0 aliphatic heterocycles. The lowest BCUT2D eigenvalue weighted by Crippen LogP contribution is -2.17. The summed E-state index contributed by atoms with van der Waals surface area (Å²) in [7, 11) is -2.23. The Morgan fingerprint density at radius 1 is 0.947 bits per heavy atom. The number of amides is 1. The molecule has 8 nitrogen and oxygen atoms in total. The molecule has 4 aromatic rings. The predicted octanol–water partition coefficient (Wildman–Crippen LogP) is 4.73. The molecule has 38 heavy (non-hydrogen) atoms. The van der Waals surface area contributed by atoms with Crippen LogP contribution in [-0.2, 0) is 21.2 Å². The van der Waals surface area contributed by atoms with E-state index in [2.05, 4.69) is 10.3 Å². The molecule has 0 radical (unpaired) electrons. The summed E-state index contributed by atoms with van der Waals surface area (Å²) < 4.78 is 40.5. The third-order valence-corrected chi connectivity index (χ3v) is 8.25. The molecule has 1 N–H and O–H groups in total. The topological polar surface area (TPSA) is 99.5 Å². The van der Waals surface area contributed by atoms with Crippen LogP contribution in [0.2, 0.25) is 0 Å². The van der Waals surface area contributed by atoms with Crippen LogP contribution in [0.5, 0.6) is 11.5 Å². The fourth-order valence-corrected chi connectivity index (χ4v) is 5.95. The van der Waals surface area contributed by atoms with Gasteiger partial charge in [-0.1, -0.05) is 17.7 Å². The molecule has 0 unspecified atom stereocenters. The lowest BCUT2D eigenvalue weighted by Gasteiger charge is -2.11. The van der Waals surface area contributed by atoms with E-state index < -0.39 is 10.0 Å². The lowest BCUT2D eigenvalue weighted by molar-refractivity contribution is -0.120. The number of aryl methyl sites for hydroxylation is 3. The highest BCUT2D eigenvalue weighted by atomic mass is 32.2. The fraction of sp³-hybridized carbons (Fsp3) is 0.310. The second kappa shape index (κ2) is 11.7. The molecule has 0 saturated heterocycles. The highest BCUT2D eigenvalue weighted by Gasteiger charge is 2.25. The minimum Gasteiger partial charge on any atom is -0.490 e. The number of benzene rings is 2. The van der Waals surface area contributed by atoms with E-state index in [4.69, 9.17) is 9.47 Å². The van der Waals surface area contributed by atoms with Gasteiger partial charge < -0.3 is 14.8 Å². The Hall–Kier alpha value is -3.85. The standard InChI is InChI=1S/C29H33N3O5S/c1-20-8-13-25(14-9-20)38(34,35)32-22(3)26(6-5-7-29(33)30-4)27-18-23(12-15-28(27)32)36-16-17-37-24-11-10-21(2)31-19-24/h8-15,18-19H,5-7,16-17H2,1-4H3,(H,30,33). The molecule has 4 rings (SSSR count). The second-order valence-electron chi connectivity index (χ2n) is 9.18. The third kappa shape index (κ3) is 5.99. The highest BCUT2D eigenvalue weighted by Crippen LogP contribution is 2.33. The number of hydrogen-bond donors (Lipinski definition) is 1. The zero-order valence-corrected chi connectivity index (χ0v) is 23.0. The largest absolute Gasteiger partial charge is 0.490 e. The number of pyridine rings is 1. The van der Waals surface area contributed by atoms with Gasteiger partial charge in [-0.05, 0) is 81.6 Å². The molecule has 9 heteroatoms. The van der Waals surface area contributed by atoms with E-state index >= 15 is 0 Å². The van der Waals surface area contributed by atoms with Gasteiger partial charge in [0.25, 0.3) is 10.0 Å². The van der Waals surface area contributed by atoms with Crippen molar-refractivity contribution in [3.05, 3.63) is 83.3 Å². The molecule has 200 valence electrons. The molecule has 2 heterocycles. The molecule has 0 aliphatic carbocycles. The quantitative estimate of drug-likeness (QED) is 0.279. The molecule has 0 saturated carbocycles. The summed E-state index contributed by atoms with van der Waals surface area (Å²) in [5.74, 6) is 1.23. The van der Waals surface area contributed by atoms with Gasteiger partial charge in [-0.3, -0.25) is 9.78 Å². The van der Waals surface area contributed by atoms with Crippen molar-refractivity contribution in [1.82, 2.24) is 14.3 Å². The van der Waals surface area contributed by atoms with Crippen LogP contribution in [-0.4, -0.2) is 43.5 Å². The Morgan fingerprint density at radius 3 is 2.29 bits per heavy atom. The van der Waals surface area contributed by atoms with Crippen molar-refractivity contribution in [2.75, 3.05) is 20.3 Å². The first-order valence-corrected chi connectivity index (χ1v) is 14.0. The number of carbonyl (C=O) groups excluding carboxylic acids is 1. The van der Waals surface area contributed by atoms with E-state index in [1.807, 2.05) is 39.0 Å². The first-order valence-electron chi connectivity index (χ1n) is 12.6. The Kier molecular flexibility index (Phi) is 8.36. The summed E-state index contributed by atoms with van der Waals surface area (Å²) in [6.45, 7) is 6.29. The smallest absolute Gasteiger partial charge is 0.268 e. The number of carbonyl (C=O) groups is 1. The minimum atomic E-state index is -3.84. The van der Waals surface area contributed by atoms with E-state index in [0.29, 0.717) is 55.2 Å². The third-order valence-electron chi connectivity index (χ3n) is 6.43. The van der Waals surface area contributed by atoms with E-state index in [0.717, 1.165) is 22.2 Å². The molecule has 0 fully saturated rings. The van der Waals surface area contributed by atoms with Crippen LogP contribution < -0.4 is 14.8 Å². The Bertz CT molecular complexity index is 1530. The van der Waals surface area contributed by atoms with Crippen molar-refractivity contribution in [2.24, 2.45) is 0 Å². The average molecular weight is 536 g/mol. The minimum absolute atomic E-state index is 0.0496. The maximum Gasteiger partial charge on any atom is 0.268 e. The van der Waals surface area contributed by atoms with Crippen molar-refractivity contribution in [3.63, 3.8) is 0 Å². The number of nitrogens with zero attached hydrogens (tertiary/aromatic N) is 2. The molecule has 0 bridgehead atoms. The summed E-state index contributed by atoms with van der Waals surface area (Å²) >= 11 is 0. The van der Waals surface area contributed by atoms with Gasteiger partial charge in [-0.2, -0.15) is 0 Å². The molecule has 0 atom stereocenters. The molecular formula is C29H33N3O5S. The van der Waals surface area contributed by atoms with Gasteiger partial charge in [0.2, 0.25) is 5.91 Å². The van der Waals surface area contributed by atoms with Gasteiger partial charge in [0.15, 0.2) is 0 Å². The van der Waals surface area contributed by atoms with Crippen LogP contribution in [0.4, 0.5) is 0 Å². The first-order chi connectivity index (χ1) is 18.2. The molecule has 1 amide bonds. The number of hydrogen-bond acceptors (Lipinski definition) is 6. The maximum absolute atomic E-state index is 13.7. The summed E-state index contributed by atoms with van der Waals surface area (Å²) in [5, 5.41) is 3.42. The molecule has 0 aliphatic rings. The van der Waals surface area contributed by atoms with Gasteiger partial charge >= 0.3 is 0 Å². The fourth-order valence-electron chi connectivity index (χ4n) is 4.37. The first kappa shape index (κ1) is 27.2. The monoisotopic (exact) mass is 535 g/mol. The predicted molar refractivity (Wildman–Crippen MR) is 147 cm³/mol. The van der Waals surface area contributed by atoms with Crippen LogP contribution in [0.25, 0.3) is 10.9 Å². The second-order valence-corrected chi connectivity index (χ2v) is 11.0. The van der Waals surface area contributed by atoms with Crippen molar-refractivity contribution in [2.45, 2.75) is 44.9 Å². The van der Waals surface area contributed by atoms with E-state index in [1.54, 1.807) is 49.6 Å². The van der Waals surface area contributed by atoms with Crippen LogP contribution in [0.3, 0.4) is 0 Å². The van der Waals surface area contributed by atoms with Crippen molar-refractivity contribution in [3.8, 4) is 11.5 Å². The number of ether oxygens (including phenoxy) is 2. The molecular weight excluding hydrogens is 502 g/mol. The number of fused-ring (bicyclic) bond motifs is 1. The van der Waals surface area contributed by atoms with E-state index in [-0.39, 0.29) is 10.8 Å².